The first kappa shape index (κ1) is 27.4. The lowest BCUT2D eigenvalue weighted by Crippen LogP contribution is -2.50. The number of ether oxygens (including phenoxy) is 1. The Labute approximate surface area is 224 Å². The van der Waals surface area contributed by atoms with Crippen LogP contribution in [0.3, 0.4) is 0 Å². The lowest BCUT2D eigenvalue weighted by Gasteiger charge is -2.33. The van der Waals surface area contributed by atoms with Crippen molar-refractivity contribution in [3.63, 3.8) is 0 Å². The van der Waals surface area contributed by atoms with Crippen LogP contribution in [0.1, 0.15) is 32.4 Å². The van der Waals surface area contributed by atoms with Gasteiger partial charge in [0.1, 0.15) is 30.0 Å². The number of benzene rings is 3. The monoisotopic (exact) mass is 534 g/mol. The average molecular weight is 535 g/mol. The van der Waals surface area contributed by atoms with Gasteiger partial charge in [0, 0.05) is 16.8 Å². The molecule has 2 amide bonds. The molecule has 0 aliphatic rings. The van der Waals surface area contributed by atoms with Gasteiger partial charge in [0.25, 0.3) is 5.91 Å². The summed E-state index contributed by atoms with van der Waals surface area (Å²) in [5, 5.41) is 15.1. The molecule has 202 valence electrons. The third-order valence-electron chi connectivity index (χ3n) is 5.64. The Morgan fingerprint density at radius 3 is 2.10 bits per heavy atom. The lowest BCUT2D eigenvalue weighted by molar-refractivity contribution is -0.128. The van der Waals surface area contributed by atoms with E-state index in [-0.39, 0.29) is 12.4 Å². The van der Waals surface area contributed by atoms with Gasteiger partial charge >= 0.3 is 0 Å². The molecule has 0 saturated carbocycles. The highest BCUT2D eigenvalue weighted by molar-refractivity contribution is 6.01. The zero-order chi connectivity index (χ0) is 28.2. The smallest absolute Gasteiger partial charge is 0.251 e. The number of rotatable bonds is 8. The summed E-state index contributed by atoms with van der Waals surface area (Å²) in [7, 11) is 1.53. The molecule has 0 bridgehead atoms. The van der Waals surface area contributed by atoms with Crippen LogP contribution in [-0.4, -0.2) is 44.7 Å². The molecule has 4 aromatic rings. The van der Waals surface area contributed by atoms with Crippen molar-refractivity contribution in [3.8, 4) is 17.1 Å². The number of halogens is 2. The topological polar surface area (TPSA) is 102 Å². The molecular weight excluding hydrogens is 506 g/mol. The number of anilines is 1. The van der Waals surface area contributed by atoms with Gasteiger partial charge in [-0.3, -0.25) is 14.5 Å². The maximum Gasteiger partial charge on any atom is 0.251 e. The first-order valence-electron chi connectivity index (χ1n) is 12.1. The molecular formula is C28H28F2N6O3. The van der Waals surface area contributed by atoms with E-state index in [2.05, 4.69) is 20.7 Å². The Morgan fingerprint density at radius 1 is 0.949 bits per heavy atom. The molecule has 9 nitrogen and oxygen atoms in total. The third kappa shape index (κ3) is 6.81. The fourth-order valence-electron chi connectivity index (χ4n) is 3.90. The number of methoxy groups -OCH3 is 1. The number of nitrogens with zero attached hydrogens (tertiary/aromatic N) is 5. The highest BCUT2D eigenvalue weighted by atomic mass is 19.1. The van der Waals surface area contributed by atoms with Gasteiger partial charge in [-0.2, -0.15) is 4.80 Å². The van der Waals surface area contributed by atoms with E-state index in [0.717, 1.165) is 4.80 Å². The van der Waals surface area contributed by atoms with Crippen LogP contribution in [0.15, 0.2) is 72.8 Å². The molecule has 4 rings (SSSR count). The first-order chi connectivity index (χ1) is 18.5. The van der Waals surface area contributed by atoms with Crippen LogP contribution in [-0.2, 0) is 16.1 Å². The number of nitrogens with one attached hydrogen (secondary N) is 1. The van der Waals surface area contributed by atoms with Gasteiger partial charge < -0.3 is 10.1 Å². The van der Waals surface area contributed by atoms with E-state index >= 15 is 0 Å². The number of tetrazole rings is 1. The molecule has 39 heavy (non-hydrogen) atoms. The minimum atomic E-state index is -1.12. The first-order valence-corrected chi connectivity index (χ1v) is 12.1. The largest absolute Gasteiger partial charge is 0.497 e. The van der Waals surface area contributed by atoms with E-state index in [1.54, 1.807) is 24.3 Å². The molecule has 0 radical (unpaired) electrons. The molecule has 0 unspecified atom stereocenters. The highest BCUT2D eigenvalue weighted by Gasteiger charge is 2.35. The molecule has 0 aliphatic heterocycles. The molecule has 0 aliphatic carbocycles. The number of amides is 2. The van der Waals surface area contributed by atoms with Gasteiger partial charge in [-0.25, -0.2) is 8.78 Å². The summed E-state index contributed by atoms with van der Waals surface area (Å²) in [4.78, 5) is 29.9. The van der Waals surface area contributed by atoms with Gasteiger partial charge in [0.2, 0.25) is 11.7 Å². The molecule has 1 heterocycles. The summed E-state index contributed by atoms with van der Waals surface area (Å²) in [6.45, 7) is 5.12. The standard InChI is InChI=1S/C28H28F2N6O3/c1-28(2,3)31-27(38)25(18-7-15-23(39-4)16-8-18)36(22-13-11-21(30)12-14-22)24(37)17-35-33-26(32-34-35)19-5-9-20(29)10-6-19/h5-16,25H,17H2,1-4H3,(H,31,38)/t25-/m1/s1. The van der Waals surface area contributed by atoms with Crippen LogP contribution in [0.4, 0.5) is 14.5 Å². The number of hydrogen-bond donors (Lipinski definition) is 1. The van der Waals surface area contributed by atoms with E-state index in [1.807, 2.05) is 20.8 Å². The Balaban J connectivity index is 1.74. The van der Waals surface area contributed by atoms with Crippen molar-refractivity contribution in [2.24, 2.45) is 0 Å². The maximum absolute atomic E-state index is 13.8. The third-order valence-corrected chi connectivity index (χ3v) is 5.64. The van der Waals surface area contributed by atoms with Crippen LogP contribution in [0.5, 0.6) is 5.75 Å². The van der Waals surface area contributed by atoms with E-state index in [9.17, 15) is 18.4 Å². The van der Waals surface area contributed by atoms with Crippen molar-refractivity contribution in [2.75, 3.05) is 12.0 Å². The minimum absolute atomic E-state index is 0.202. The number of carbonyl (C=O) groups is 2. The predicted molar refractivity (Wildman–Crippen MR) is 141 cm³/mol. The second-order valence-electron chi connectivity index (χ2n) is 9.81. The van der Waals surface area contributed by atoms with Crippen molar-refractivity contribution < 1.29 is 23.1 Å². The summed E-state index contributed by atoms with van der Waals surface area (Å²) in [6.07, 6.45) is 0. The second kappa shape index (κ2) is 11.4. The summed E-state index contributed by atoms with van der Waals surface area (Å²) >= 11 is 0. The van der Waals surface area contributed by atoms with Crippen LogP contribution in [0, 0.1) is 11.6 Å². The number of carbonyl (C=O) groups excluding carboxylic acids is 2. The van der Waals surface area contributed by atoms with E-state index in [0.29, 0.717) is 22.6 Å². The zero-order valence-corrected chi connectivity index (χ0v) is 21.9. The fourth-order valence-corrected chi connectivity index (χ4v) is 3.90. The molecule has 1 N–H and O–H groups in total. The molecule has 0 spiro atoms. The van der Waals surface area contributed by atoms with Crippen LogP contribution < -0.4 is 15.0 Å². The van der Waals surface area contributed by atoms with Crippen molar-refractivity contribution >= 4 is 17.5 Å². The Morgan fingerprint density at radius 2 is 1.54 bits per heavy atom. The van der Waals surface area contributed by atoms with E-state index in [1.165, 1.54) is 60.5 Å². The molecule has 1 atom stereocenters. The normalized spacial score (nSPS) is 12.1. The van der Waals surface area contributed by atoms with Crippen LogP contribution in [0.25, 0.3) is 11.4 Å². The van der Waals surface area contributed by atoms with E-state index in [4.69, 9.17) is 4.74 Å². The Bertz CT molecular complexity index is 1430. The van der Waals surface area contributed by atoms with Crippen molar-refractivity contribution in [2.45, 2.75) is 38.9 Å². The zero-order valence-electron chi connectivity index (χ0n) is 21.9. The number of hydrogen-bond acceptors (Lipinski definition) is 6. The minimum Gasteiger partial charge on any atom is -0.497 e. The molecule has 0 saturated heterocycles. The van der Waals surface area contributed by atoms with Gasteiger partial charge in [0.15, 0.2) is 0 Å². The van der Waals surface area contributed by atoms with Crippen molar-refractivity contribution in [1.82, 2.24) is 25.5 Å². The van der Waals surface area contributed by atoms with Crippen molar-refractivity contribution in [3.05, 3.63) is 90.0 Å². The van der Waals surface area contributed by atoms with Crippen molar-refractivity contribution in [1.29, 1.82) is 0 Å². The fraction of sp³-hybridized carbons (Fsp3) is 0.250. The van der Waals surface area contributed by atoms with Crippen LogP contribution >= 0.6 is 0 Å². The predicted octanol–water partition coefficient (Wildman–Crippen LogP) is 4.32. The molecule has 1 aromatic heterocycles. The van der Waals surface area contributed by atoms with Gasteiger partial charge in [-0.1, -0.05) is 12.1 Å². The average Bonchev–Trinajstić information content (AvgIpc) is 3.35. The quantitative estimate of drug-likeness (QED) is 0.361. The van der Waals surface area contributed by atoms with Gasteiger partial charge in [-0.15, -0.1) is 10.2 Å². The summed E-state index contributed by atoms with van der Waals surface area (Å²) in [5.41, 5.74) is 0.724. The maximum atomic E-state index is 13.8. The summed E-state index contributed by atoms with van der Waals surface area (Å²) < 4.78 is 32.4. The second-order valence-corrected chi connectivity index (χ2v) is 9.81. The SMILES string of the molecule is COc1ccc([C@H](C(=O)NC(C)(C)C)N(C(=O)Cn2nnc(-c3ccc(F)cc3)n2)c2ccc(F)cc2)cc1. The summed E-state index contributed by atoms with van der Waals surface area (Å²) in [5.74, 6) is -1.11. The lowest BCUT2D eigenvalue weighted by atomic mass is 10.0. The van der Waals surface area contributed by atoms with Crippen LogP contribution in [0.2, 0.25) is 0 Å². The Kier molecular flexibility index (Phi) is 7.99. The molecule has 11 heteroatoms. The van der Waals surface area contributed by atoms with Gasteiger partial charge in [0.05, 0.1) is 7.11 Å². The van der Waals surface area contributed by atoms with E-state index < -0.39 is 35.0 Å². The van der Waals surface area contributed by atoms with Gasteiger partial charge in [-0.05, 0) is 92.2 Å². The Hall–Kier alpha value is -4.67. The molecule has 3 aromatic carbocycles. The number of aromatic nitrogens is 4. The highest BCUT2D eigenvalue weighted by Crippen LogP contribution is 2.30. The summed E-state index contributed by atoms with van der Waals surface area (Å²) in [6, 6.07) is 16.4. The molecule has 0 fully saturated rings.